The van der Waals surface area contributed by atoms with E-state index >= 15 is 0 Å². The van der Waals surface area contributed by atoms with Crippen molar-refractivity contribution in [2.45, 2.75) is 12.5 Å². The standard InChI is InChI=1S/C16H13FN2O2/c17-12-7-3-2-6-11(12)16(21)19-13-8-4-1-5-10(13)9-14(19)15(18)20/h1-8,14H,9H2,(H2,18,20). The van der Waals surface area contributed by atoms with Crippen molar-refractivity contribution in [2.75, 3.05) is 4.90 Å². The summed E-state index contributed by atoms with van der Waals surface area (Å²) in [6.45, 7) is 0. The predicted octanol–water partition coefficient (Wildman–Crippen LogP) is 1.88. The quantitative estimate of drug-likeness (QED) is 0.915. The molecule has 1 aliphatic rings. The highest BCUT2D eigenvalue weighted by Crippen LogP contribution is 2.33. The Hall–Kier alpha value is -2.69. The SMILES string of the molecule is NC(=O)C1Cc2ccccc2N1C(=O)c1ccccc1F. The van der Waals surface area contributed by atoms with Gasteiger partial charge >= 0.3 is 0 Å². The molecule has 0 bridgehead atoms. The van der Waals surface area contributed by atoms with Crippen molar-refractivity contribution >= 4 is 17.5 Å². The highest BCUT2D eigenvalue weighted by molar-refractivity contribution is 6.11. The molecule has 0 aromatic heterocycles. The van der Waals surface area contributed by atoms with Gasteiger partial charge in [0.15, 0.2) is 0 Å². The minimum Gasteiger partial charge on any atom is -0.368 e. The molecule has 1 atom stereocenters. The monoisotopic (exact) mass is 284 g/mol. The van der Waals surface area contributed by atoms with E-state index in [2.05, 4.69) is 0 Å². The number of nitrogens with zero attached hydrogens (tertiary/aromatic N) is 1. The fourth-order valence-corrected chi connectivity index (χ4v) is 2.63. The second-order valence-electron chi connectivity index (χ2n) is 4.91. The lowest BCUT2D eigenvalue weighted by atomic mass is 10.1. The van der Waals surface area contributed by atoms with Gasteiger partial charge in [-0.2, -0.15) is 0 Å². The van der Waals surface area contributed by atoms with Crippen LogP contribution in [0.3, 0.4) is 0 Å². The molecule has 2 aromatic rings. The van der Waals surface area contributed by atoms with Crippen molar-refractivity contribution in [3.63, 3.8) is 0 Å². The first-order valence-electron chi connectivity index (χ1n) is 6.55. The number of halogens is 1. The first kappa shape index (κ1) is 13.3. The van der Waals surface area contributed by atoms with Gasteiger partial charge in [-0.3, -0.25) is 14.5 Å². The van der Waals surface area contributed by atoms with Crippen LogP contribution in [0.4, 0.5) is 10.1 Å². The third-order valence-corrected chi connectivity index (χ3v) is 3.63. The summed E-state index contributed by atoms with van der Waals surface area (Å²) in [4.78, 5) is 25.5. The van der Waals surface area contributed by atoms with Crippen LogP contribution in [-0.4, -0.2) is 17.9 Å². The molecule has 3 rings (SSSR count). The van der Waals surface area contributed by atoms with Crippen LogP contribution in [0.15, 0.2) is 48.5 Å². The molecular weight excluding hydrogens is 271 g/mol. The van der Waals surface area contributed by atoms with Gasteiger partial charge in [-0.05, 0) is 23.8 Å². The summed E-state index contributed by atoms with van der Waals surface area (Å²) in [5, 5.41) is 0. The summed E-state index contributed by atoms with van der Waals surface area (Å²) in [6.07, 6.45) is 0.353. The number of carbonyl (C=O) groups is 2. The van der Waals surface area contributed by atoms with Crippen molar-refractivity contribution in [3.8, 4) is 0 Å². The molecule has 4 nitrogen and oxygen atoms in total. The second-order valence-corrected chi connectivity index (χ2v) is 4.91. The number of anilines is 1. The average Bonchev–Trinajstić information content (AvgIpc) is 2.86. The van der Waals surface area contributed by atoms with Gasteiger partial charge in [0, 0.05) is 12.1 Å². The molecule has 106 valence electrons. The number of benzene rings is 2. The van der Waals surface area contributed by atoms with E-state index in [-0.39, 0.29) is 5.56 Å². The Bertz CT molecular complexity index is 730. The summed E-state index contributed by atoms with van der Waals surface area (Å²) in [5.74, 6) is -1.77. The molecule has 2 aromatic carbocycles. The van der Waals surface area contributed by atoms with Crippen LogP contribution < -0.4 is 10.6 Å². The summed E-state index contributed by atoms with van der Waals surface area (Å²) >= 11 is 0. The van der Waals surface area contributed by atoms with Crippen molar-refractivity contribution in [1.82, 2.24) is 0 Å². The van der Waals surface area contributed by atoms with Crippen LogP contribution in [0.5, 0.6) is 0 Å². The summed E-state index contributed by atoms with van der Waals surface area (Å²) < 4.78 is 13.8. The zero-order valence-electron chi connectivity index (χ0n) is 11.1. The molecule has 0 saturated heterocycles. The van der Waals surface area contributed by atoms with Crippen LogP contribution in [0, 0.1) is 5.82 Å². The molecule has 2 amide bonds. The summed E-state index contributed by atoms with van der Waals surface area (Å²) in [5.41, 5.74) is 6.78. The highest BCUT2D eigenvalue weighted by atomic mass is 19.1. The molecule has 0 aliphatic carbocycles. The molecule has 0 saturated carbocycles. The van der Waals surface area contributed by atoms with Crippen molar-refractivity contribution in [3.05, 3.63) is 65.5 Å². The van der Waals surface area contributed by atoms with E-state index in [1.807, 2.05) is 12.1 Å². The maximum absolute atomic E-state index is 13.8. The number of rotatable bonds is 2. The lowest BCUT2D eigenvalue weighted by Gasteiger charge is -2.23. The van der Waals surface area contributed by atoms with Gasteiger partial charge < -0.3 is 5.73 Å². The van der Waals surface area contributed by atoms with E-state index in [9.17, 15) is 14.0 Å². The molecule has 0 spiro atoms. The second kappa shape index (κ2) is 5.01. The fraction of sp³-hybridized carbons (Fsp3) is 0.125. The molecule has 1 unspecified atom stereocenters. The zero-order valence-corrected chi connectivity index (χ0v) is 11.1. The largest absolute Gasteiger partial charge is 0.368 e. The smallest absolute Gasteiger partial charge is 0.262 e. The highest BCUT2D eigenvalue weighted by Gasteiger charge is 2.38. The third-order valence-electron chi connectivity index (χ3n) is 3.63. The van der Waals surface area contributed by atoms with Gasteiger partial charge in [0.2, 0.25) is 5.91 Å². The number of hydrogen-bond donors (Lipinski definition) is 1. The van der Waals surface area contributed by atoms with E-state index in [1.165, 1.54) is 23.1 Å². The normalized spacial score (nSPS) is 16.6. The van der Waals surface area contributed by atoms with Crippen LogP contribution >= 0.6 is 0 Å². The topological polar surface area (TPSA) is 63.4 Å². The van der Waals surface area contributed by atoms with E-state index in [4.69, 9.17) is 5.73 Å². The van der Waals surface area contributed by atoms with E-state index < -0.39 is 23.7 Å². The Balaban J connectivity index is 2.08. The van der Waals surface area contributed by atoms with E-state index in [0.717, 1.165) is 5.56 Å². The zero-order chi connectivity index (χ0) is 15.0. The minimum atomic E-state index is -0.783. The molecular formula is C16H13FN2O2. The van der Waals surface area contributed by atoms with Crippen molar-refractivity contribution < 1.29 is 14.0 Å². The lowest BCUT2D eigenvalue weighted by molar-refractivity contribution is -0.119. The average molecular weight is 284 g/mol. The Morgan fingerprint density at radius 3 is 2.48 bits per heavy atom. The van der Waals surface area contributed by atoms with Crippen LogP contribution in [0.1, 0.15) is 15.9 Å². The Kier molecular flexibility index (Phi) is 3.17. The number of carbonyl (C=O) groups excluding carboxylic acids is 2. The summed E-state index contributed by atoms with van der Waals surface area (Å²) in [7, 11) is 0. The van der Waals surface area contributed by atoms with Crippen molar-refractivity contribution in [1.29, 1.82) is 0 Å². The Morgan fingerprint density at radius 1 is 1.10 bits per heavy atom. The lowest BCUT2D eigenvalue weighted by Crippen LogP contribution is -2.46. The van der Waals surface area contributed by atoms with Crippen LogP contribution in [0.25, 0.3) is 0 Å². The number of primary amides is 1. The molecule has 0 fully saturated rings. The van der Waals surface area contributed by atoms with Gasteiger partial charge in [0.1, 0.15) is 11.9 Å². The van der Waals surface area contributed by atoms with Gasteiger partial charge in [0.25, 0.3) is 5.91 Å². The maximum Gasteiger partial charge on any atom is 0.262 e. The first-order chi connectivity index (χ1) is 10.1. The molecule has 21 heavy (non-hydrogen) atoms. The fourth-order valence-electron chi connectivity index (χ4n) is 2.63. The Morgan fingerprint density at radius 2 is 1.76 bits per heavy atom. The molecule has 1 heterocycles. The number of amides is 2. The number of fused-ring (bicyclic) bond motifs is 1. The van der Waals surface area contributed by atoms with E-state index in [1.54, 1.807) is 18.2 Å². The van der Waals surface area contributed by atoms with Crippen molar-refractivity contribution in [2.24, 2.45) is 5.73 Å². The maximum atomic E-state index is 13.8. The van der Waals surface area contributed by atoms with Gasteiger partial charge in [-0.25, -0.2) is 4.39 Å². The van der Waals surface area contributed by atoms with Gasteiger partial charge in [-0.1, -0.05) is 30.3 Å². The molecule has 1 aliphatic heterocycles. The Labute approximate surface area is 121 Å². The predicted molar refractivity (Wildman–Crippen MR) is 76.3 cm³/mol. The van der Waals surface area contributed by atoms with Crippen LogP contribution in [0.2, 0.25) is 0 Å². The molecule has 0 radical (unpaired) electrons. The third kappa shape index (κ3) is 2.16. The first-order valence-corrected chi connectivity index (χ1v) is 6.55. The molecule has 5 heteroatoms. The number of nitrogens with two attached hydrogens (primary N) is 1. The number of hydrogen-bond acceptors (Lipinski definition) is 2. The molecule has 2 N–H and O–H groups in total. The number of para-hydroxylation sites is 1. The summed E-state index contributed by atoms with van der Waals surface area (Å²) in [6, 6.07) is 12.1. The van der Waals surface area contributed by atoms with Gasteiger partial charge in [-0.15, -0.1) is 0 Å². The van der Waals surface area contributed by atoms with Gasteiger partial charge in [0.05, 0.1) is 5.56 Å². The minimum absolute atomic E-state index is 0.0690. The van der Waals surface area contributed by atoms with E-state index in [0.29, 0.717) is 12.1 Å². The van der Waals surface area contributed by atoms with Crippen LogP contribution in [-0.2, 0) is 11.2 Å².